The second kappa shape index (κ2) is 6.03. The highest BCUT2D eigenvalue weighted by Gasteiger charge is 2.19. The number of amidine groups is 1. The molecule has 1 atom stereocenters. The fourth-order valence-electron chi connectivity index (χ4n) is 1.12. The summed E-state index contributed by atoms with van der Waals surface area (Å²) in [6, 6.07) is 0. The normalized spacial score (nSPS) is 23.9. The van der Waals surface area contributed by atoms with Crippen LogP contribution >= 0.6 is 11.8 Å². The number of unbranched alkanes of at least 4 members (excludes halogenated alkanes) is 1. The van der Waals surface area contributed by atoms with Crippen LogP contribution in [0, 0.1) is 0 Å². The predicted octanol–water partition coefficient (Wildman–Crippen LogP) is 1.29. The van der Waals surface area contributed by atoms with Crippen molar-refractivity contribution < 1.29 is 4.79 Å². The number of ketones is 1. The summed E-state index contributed by atoms with van der Waals surface area (Å²) in [4.78, 5) is 14.8. The Hall–Kier alpha value is -0.550. The van der Waals surface area contributed by atoms with Crippen LogP contribution in [-0.4, -0.2) is 22.9 Å². The van der Waals surface area contributed by atoms with Gasteiger partial charge in [-0.25, -0.2) is 5.43 Å². The van der Waals surface area contributed by atoms with Gasteiger partial charge in [-0.2, -0.15) is 0 Å². The van der Waals surface area contributed by atoms with Crippen LogP contribution in [-0.2, 0) is 4.79 Å². The molecule has 0 aromatic rings. The first-order chi connectivity index (χ1) is 6.72. The van der Waals surface area contributed by atoms with E-state index in [1.807, 2.05) is 0 Å². The van der Waals surface area contributed by atoms with Crippen molar-refractivity contribution in [1.29, 1.82) is 0 Å². The van der Waals surface area contributed by atoms with Crippen molar-refractivity contribution in [2.75, 3.05) is 6.54 Å². The molecule has 80 valence electrons. The summed E-state index contributed by atoms with van der Waals surface area (Å²) in [5.41, 5.74) is 6.12. The van der Waals surface area contributed by atoms with Crippen LogP contribution in [0.2, 0.25) is 0 Å². The first-order valence-electron chi connectivity index (χ1n) is 4.94. The first-order valence-corrected chi connectivity index (χ1v) is 5.82. The molecule has 5 heteroatoms. The van der Waals surface area contributed by atoms with E-state index in [1.54, 1.807) is 18.7 Å². The molecule has 1 aliphatic heterocycles. The molecule has 0 saturated carbocycles. The van der Waals surface area contributed by atoms with E-state index in [2.05, 4.69) is 22.8 Å². The Morgan fingerprint density at radius 1 is 1.64 bits per heavy atom. The van der Waals surface area contributed by atoms with Gasteiger partial charge in [0.2, 0.25) is 0 Å². The molecule has 14 heavy (non-hydrogen) atoms. The maximum Gasteiger partial charge on any atom is 0.173 e. The summed E-state index contributed by atoms with van der Waals surface area (Å²) >= 11 is 1.67. The van der Waals surface area contributed by atoms with Crippen LogP contribution < -0.4 is 10.9 Å². The number of hydrazine groups is 1. The molecule has 0 spiro atoms. The Morgan fingerprint density at radius 3 is 3.07 bits per heavy atom. The fraction of sp³-hybridized carbons (Fsp3) is 0.778. The Kier molecular flexibility index (Phi) is 4.97. The minimum absolute atomic E-state index is 0.0944. The second-order valence-electron chi connectivity index (χ2n) is 3.34. The van der Waals surface area contributed by atoms with Crippen LogP contribution in [0.3, 0.4) is 0 Å². The number of rotatable bonds is 5. The SMILES string of the molecule is CCCCC1NNC(=NCC(C)=O)S1. The molecular weight excluding hydrogens is 198 g/mol. The highest BCUT2D eigenvalue weighted by atomic mass is 32.2. The van der Waals surface area contributed by atoms with Crippen molar-refractivity contribution in [3.05, 3.63) is 0 Å². The molecule has 1 rings (SSSR count). The molecule has 2 N–H and O–H groups in total. The topological polar surface area (TPSA) is 53.5 Å². The minimum Gasteiger partial charge on any atom is -0.299 e. The van der Waals surface area contributed by atoms with Gasteiger partial charge < -0.3 is 0 Å². The highest BCUT2D eigenvalue weighted by molar-refractivity contribution is 8.14. The molecule has 1 unspecified atom stereocenters. The Balaban J connectivity index is 2.26. The standard InChI is InChI=1S/C9H17N3OS/c1-3-4-5-8-11-12-9(14-8)10-6-7(2)13/h8,11H,3-6H2,1-2H3,(H,10,12). The molecule has 4 nitrogen and oxygen atoms in total. The van der Waals surface area contributed by atoms with Crippen LogP contribution in [0.15, 0.2) is 4.99 Å². The lowest BCUT2D eigenvalue weighted by Gasteiger charge is -2.04. The summed E-state index contributed by atoms with van der Waals surface area (Å²) in [5, 5.41) is 1.24. The molecule has 0 bridgehead atoms. The van der Waals surface area contributed by atoms with Gasteiger partial charge in [0.15, 0.2) is 11.0 Å². The molecular formula is C9H17N3OS. The van der Waals surface area contributed by atoms with E-state index in [0.29, 0.717) is 5.37 Å². The van der Waals surface area contributed by atoms with Gasteiger partial charge in [0.25, 0.3) is 0 Å². The van der Waals surface area contributed by atoms with Crippen molar-refractivity contribution in [2.24, 2.45) is 4.99 Å². The molecule has 0 aromatic heterocycles. The Bertz CT molecular complexity index is 230. The second-order valence-corrected chi connectivity index (χ2v) is 4.53. The summed E-state index contributed by atoms with van der Waals surface area (Å²) in [6.07, 6.45) is 3.55. The zero-order valence-corrected chi connectivity index (χ0v) is 9.49. The van der Waals surface area contributed by atoms with E-state index >= 15 is 0 Å². The fourth-order valence-corrected chi connectivity index (χ4v) is 2.05. The van der Waals surface area contributed by atoms with Crippen molar-refractivity contribution in [1.82, 2.24) is 10.9 Å². The van der Waals surface area contributed by atoms with Crippen LogP contribution in [0.4, 0.5) is 0 Å². The number of Topliss-reactive ketones (excluding diaryl/α,β-unsaturated/α-hetero) is 1. The summed E-state index contributed by atoms with van der Waals surface area (Å²) in [5.74, 6) is 0.0944. The lowest BCUT2D eigenvalue weighted by Crippen LogP contribution is -2.31. The number of hydrogen-bond donors (Lipinski definition) is 2. The van der Waals surface area contributed by atoms with E-state index in [-0.39, 0.29) is 12.3 Å². The van der Waals surface area contributed by atoms with Gasteiger partial charge in [0.05, 0.1) is 5.37 Å². The van der Waals surface area contributed by atoms with E-state index in [1.165, 1.54) is 12.8 Å². The molecule has 1 aliphatic rings. The van der Waals surface area contributed by atoms with E-state index in [0.717, 1.165) is 11.6 Å². The number of carbonyl (C=O) groups is 1. The monoisotopic (exact) mass is 215 g/mol. The minimum atomic E-state index is 0.0944. The number of thioether (sulfide) groups is 1. The van der Waals surface area contributed by atoms with E-state index in [4.69, 9.17) is 0 Å². The quantitative estimate of drug-likeness (QED) is 0.725. The largest absolute Gasteiger partial charge is 0.299 e. The van der Waals surface area contributed by atoms with Gasteiger partial charge in [-0.05, 0) is 13.3 Å². The first kappa shape index (κ1) is 11.5. The maximum absolute atomic E-state index is 10.7. The van der Waals surface area contributed by atoms with Gasteiger partial charge >= 0.3 is 0 Å². The zero-order chi connectivity index (χ0) is 10.4. The molecule has 0 aliphatic carbocycles. The van der Waals surface area contributed by atoms with Crippen molar-refractivity contribution >= 4 is 22.7 Å². The van der Waals surface area contributed by atoms with E-state index in [9.17, 15) is 4.79 Å². The van der Waals surface area contributed by atoms with Crippen LogP contribution in [0.25, 0.3) is 0 Å². The summed E-state index contributed by atoms with van der Waals surface area (Å²) in [7, 11) is 0. The molecule has 0 radical (unpaired) electrons. The lowest BCUT2D eigenvalue weighted by molar-refractivity contribution is -0.115. The average Bonchev–Trinajstić information content (AvgIpc) is 2.59. The molecule has 1 heterocycles. The third-order valence-electron chi connectivity index (χ3n) is 1.86. The van der Waals surface area contributed by atoms with Crippen LogP contribution in [0.5, 0.6) is 0 Å². The smallest absolute Gasteiger partial charge is 0.173 e. The predicted molar refractivity (Wildman–Crippen MR) is 60.2 cm³/mol. The summed E-state index contributed by atoms with van der Waals surface area (Å²) in [6.45, 7) is 4.00. The van der Waals surface area contributed by atoms with Crippen molar-refractivity contribution in [2.45, 2.75) is 38.5 Å². The summed E-state index contributed by atoms with van der Waals surface area (Å²) < 4.78 is 0. The maximum atomic E-state index is 10.7. The van der Waals surface area contributed by atoms with Gasteiger partial charge in [-0.15, -0.1) is 0 Å². The Morgan fingerprint density at radius 2 is 2.43 bits per heavy atom. The highest BCUT2D eigenvalue weighted by Crippen LogP contribution is 2.19. The number of carbonyl (C=O) groups excluding carboxylic acids is 1. The number of hydrogen-bond acceptors (Lipinski definition) is 4. The lowest BCUT2D eigenvalue weighted by atomic mass is 10.2. The molecule has 0 amide bonds. The third-order valence-corrected chi connectivity index (χ3v) is 2.95. The van der Waals surface area contributed by atoms with Crippen LogP contribution in [0.1, 0.15) is 33.1 Å². The van der Waals surface area contributed by atoms with Crippen molar-refractivity contribution in [3.8, 4) is 0 Å². The zero-order valence-electron chi connectivity index (χ0n) is 8.67. The number of aliphatic imine (C=N–C) groups is 1. The van der Waals surface area contributed by atoms with E-state index < -0.39 is 0 Å². The van der Waals surface area contributed by atoms with Gasteiger partial charge in [-0.3, -0.25) is 15.2 Å². The molecule has 0 aromatic carbocycles. The average molecular weight is 215 g/mol. The van der Waals surface area contributed by atoms with Gasteiger partial charge in [-0.1, -0.05) is 31.5 Å². The Labute approximate surface area is 88.9 Å². The number of nitrogens with zero attached hydrogens (tertiary/aromatic N) is 1. The molecule has 1 saturated heterocycles. The van der Waals surface area contributed by atoms with Crippen molar-refractivity contribution in [3.63, 3.8) is 0 Å². The molecule has 1 fully saturated rings. The van der Waals surface area contributed by atoms with Gasteiger partial charge in [0, 0.05) is 0 Å². The third kappa shape index (κ3) is 4.11. The van der Waals surface area contributed by atoms with Gasteiger partial charge in [0.1, 0.15) is 6.54 Å². The number of nitrogens with one attached hydrogen (secondary N) is 2.